The third-order valence-corrected chi connectivity index (χ3v) is 9.50. The van der Waals surface area contributed by atoms with E-state index < -0.39 is 7.82 Å². The van der Waals surface area contributed by atoms with Crippen LogP contribution < -0.4 is 0 Å². The summed E-state index contributed by atoms with van der Waals surface area (Å²) in [6, 6.07) is 0. The van der Waals surface area contributed by atoms with Gasteiger partial charge in [0.05, 0.1) is 46.5 Å². The number of hydrogen-bond donors (Lipinski definition) is 1. The number of phosphoric ester groups is 1. The summed E-state index contributed by atoms with van der Waals surface area (Å²) in [5, 5.41) is 0. The highest BCUT2D eigenvalue weighted by Crippen LogP contribution is 2.43. The first kappa shape index (κ1) is 39.0. The SMILES string of the molecule is CCCCCCCCCCCCCCCCOCC(COP(=O)(O)OCCCCCC[N+]1(C)CCCCC1)OCC. The van der Waals surface area contributed by atoms with Gasteiger partial charge in [0.2, 0.25) is 0 Å². The minimum absolute atomic E-state index is 0.00312. The molecule has 0 bridgehead atoms. The second-order valence-corrected chi connectivity index (χ2v) is 14.1. The third kappa shape index (κ3) is 24.0. The zero-order valence-corrected chi connectivity index (χ0v) is 28.4. The minimum atomic E-state index is -4.07. The van der Waals surface area contributed by atoms with Crippen molar-refractivity contribution in [3.05, 3.63) is 0 Å². The van der Waals surface area contributed by atoms with Crippen LogP contribution in [0.3, 0.4) is 0 Å². The van der Waals surface area contributed by atoms with E-state index in [1.807, 2.05) is 6.92 Å². The Bertz CT molecular complexity index is 617. The zero-order chi connectivity index (χ0) is 29.9. The normalized spacial score (nSPS) is 17.5. The summed E-state index contributed by atoms with van der Waals surface area (Å²) in [5.74, 6) is 0. The first-order valence-electron chi connectivity index (χ1n) is 17.6. The lowest BCUT2D eigenvalue weighted by Gasteiger charge is -2.37. The Morgan fingerprint density at radius 2 is 1.17 bits per heavy atom. The summed E-state index contributed by atoms with van der Waals surface area (Å²) in [6.45, 7) is 9.83. The van der Waals surface area contributed by atoms with Crippen molar-refractivity contribution < 1.29 is 32.5 Å². The Morgan fingerprint density at radius 1 is 0.659 bits per heavy atom. The molecule has 0 aliphatic carbocycles. The molecule has 2 unspecified atom stereocenters. The van der Waals surface area contributed by atoms with Gasteiger partial charge in [0.15, 0.2) is 0 Å². The average Bonchev–Trinajstić information content (AvgIpc) is 2.95. The molecule has 1 fully saturated rings. The van der Waals surface area contributed by atoms with Gasteiger partial charge in [-0.15, -0.1) is 0 Å². The van der Waals surface area contributed by atoms with Gasteiger partial charge in [-0.05, 0) is 51.9 Å². The number of ether oxygens (including phenoxy) is 2. The molecule has 1 N–H and O–H groups in total. The molecule has 0 amide bonds. The topological polar surface area (TPSA) is 74.2 Å². The van der Waals surface area contributed by atoms with Crippen LogP contribution in [0.15, 0.2) is 0 Å². The van der Waals surface area contributed by atoms with Gasteiger partial charge in [0.25, 0.3) is 0 Å². The lowest BCUT2D eigenvalue weighted by atomic mass is 10.0. The highest BCUT2D eigenvalue weighted by molar-refractivity contribution is 7.47. The predicted octanol–water partition coefficient (Wildman–Crippen LogP) is 9.21. The number of piperidine rings is 1. The van der Waals surface area contributed by atoms with Gasteiger partial charge in [-0.1, -0.05) is 96.8 Å². The van der Waals surface area contributed by atoms with Crippen molar-refractivity contribution in [3.63, 3.8) is 0 Å². The fourth-order valence-corrected chi connectivity index (χ4v) is 6.63. The summed E-state index contributed by atoms with van der Waals surface area (Å²) in [4.78, 5) is 10.1. The number of quaternary nitrogens is 1. The molecule has 1 saturated heterocycles. The van der Waals surface area contributed by atoms with Crippen LogP contribution in [0.1, 0.15) is 149 Å². The van der Waals surface area contributed by atoms with Crippen molar-refractivity contribution in [1.82, 2.24) is 0 Å². The molecule has 1 aliphatic rings. The molecule has 8 heteroatoms. The molecule has 7 nitrogen and oxygen atoms in total. The largest absolute Gasteiger partial charge is 0.472 e. The van der Waals surface area contributed by atoms with Crippen LogP contribution in [0.25, 0.3) is 0 Å². The van der Waals surface area contributed by atoms with Crippen molar-refractivity contribution in [2.24, 2.45) is 0 Å². The van der Waals surface area contributed by atoms with Crippen molar-refractivity contribution >= 4 is 7.82 Å². The van der Waals surface area contributed by atoms with Crippen LogP contribution in [0.4, 0.5) is 0 Å². The van der Waals surface area contributed by atoms with E-state index in [9.17, 15) is 9.46 Å². The maximum Gasteiger partial charge on any atom is 0.472 e. The lowest BCUT2D eigenvalue weighted by Crippen LogP contribution is -2.48. The van der Waals surface area contributed by atoms with Crippen LogP contribution in [0, 0.1) is 0 Å². The maximum absolute atomic E-state index is 12.3. The number of nitrogens with zero attached hydrogens (tertiary/aromatic N) is 1. The Labute approximate surface area is 254 Å². The summed E-state index contributed by atoms with van der Waals surface area (Å²) in [5.41, 5.74) is 0. The lowest BCUT2D eigenvalue weighted by molar-refractivity contribution is -0.914. The average molecular weight is 607 g/mol. The number of hydrogen-bond acceptors (Lipinski definition) is 5. The quantitative estimate of drug-likeness (QED) is 0.0499. The number of rotatable bonds is 30. The van der Waals surface area contributed by atoms with E-state index in [1.54, 1.807) is 0 Å². The van der Waals surface area contributed by atoms with Crippen LogP contribution in [0.2, 0.25) is 0 Å². The van der Waals surface area contributed by atoms with E-state index in [2.05, 4.69) is 14.0 Å². The number of phosphoric acid groups is 1. The summed E-state index contributed by atoms with van der Waals surface area (Å²) in [7, 11) is -1.70. The Hall–Kier alpha value is -0.0100. The van der Waals surface area contributed by atoms with Crippen molar-refractivity contribution in [2.75, 3.05) is 59.7 Å². The van der Waals surface area contributed by atoms with E-state index in [-0.39, 0.29) is 19.3 Å². The van der Waals surface area contributed by atoms with Crippen molar-refractivity contribution in [2.45, 2.75) is 155 Å². The molecular weight excluding hydrogens is 537 g/mol. The van der Waals surface area contributed by atoms with Gasteiger partial charge in [-0.25, -0.2) is 4.57 Å². The smallest absolute Gasteiger partial charge is 0.379 e. The van der Waals surface area contributed by atoms with Crippen molar-refractivity contribution in [1.29, 1.82) is 0 Å². The Morgan fingerprint density at radius 3 is 1.73 bits per heavy atom. The highest BCUT2D eigenvalue weighted by atomic mass is 31.2. The van der Waals surface area contributed by atoms with E-state index in [0.717, 1.165) is 25.7 Å². The van der Waals surface area contributed by atoms with Gasteiger partial charge >= 0.3 is 7.82 Å². The highest BCUT2D eigenvalue weighted by Gasteiger charge is 2.25. The van der Waals surface area contributed by atoms with Crippen LogP contribution in [-0.2, 0) is 23.1 Å². The third-order valence-electron chi connectivity index (χ3n) is 8.51. The molecule has 0 spiro atoms. The molecule has 41 heavy (non-hydrogen) atoms. The van der Waals surface area contributed by atoms with Crippen LogP contribution in [0.5, 0.6) is 0 Å². The van der Waals surface area contributed by atoms with Gasteiger partial charge in [0, 0.05) is 13.2 Å². The molecule has 0 radical (unpaired) electrons. The summed E-state index contributed by atoms with van der Waals surface area (Å²) in [6.07, 6.45) is 26.6. The number of unbranched alkanes of at least 4 members (excludes halogenated alkanes) is 16. The molecule has 0 aromatic heterocycles. The standard InChI is InChI=1S/C33H68NO6P/c1-4-6-7-8-9-10-11-12-13-14-15-16-18-24-29-37-31-33(38-5-2)32-40-41(35,36)39-30-25-19-17-21-26-34(3)27-22-20-23-28-34/h33H,4-32H2,1-3H3/p+1. The molecule has 0 aromatic carbocycles. The molecule has 1 rings (SSSR count). The predicted molar refractivity (Wildman–Crippen MR) is 171 cm³/mol. The summed E-state index contributed by atoms with van der Waals surface area (Å²) >= 11 is 0. The molecule has 0 saturated carbocycles. The van der Waals surface area contributed by atoms with E-state index >= 15 is 0 Å². The first-order chi connectivity index (χ1) is 19.9. The fraction of sp³-hybridized carbons (Fsp3) is 1.00. The van der Waals surface area contributed by atoms with Crippen LogP contribution >= 0.6 is 7.82 Å². The second kappa shape index (κ2) is 26.4. The molecule has 0 aromatic rings. The van der Waals surface area contributed by atoms with Crippen molar-refractivity contribution in [3.8, 4) is 0 Å². The monoisotopic (exact) mass is 606 g/mol. The number of likely N-dealkylation sites (tertiary alicyclic amines) is 1. The van der Waals surface area contributed by atoms with Gasteiger partial charge in [-0.2, -0.15) is 0 Å². The van der Waals surface area contributed by atoms with E-state index in [0.29, 0.717) is 19.8 Å². The fourth-order valence-electron chi connectivity index (χ4n) is 5.84. The summed E-state index contributed by atoms with van der Waals surface area (Å²) < 4.78 is 35.4. The minimum Gasteiger partial charge on any atom is -0.379 e. The van der Waals surface area contributed by atoms with Crippen LogP contribution in [-0.4, -0.2) is 75.2 Å². The van der Waals surface area contributed by atoms with E-state index in [1.165, 1.54) is 133 Å². The Kier molecular flexibility index (Phi) is 25.1. The molecule has 1 aliphatic heterocycles. The Balaban J connectivity index is 1.96. The van der Waals surface area contributed by atoms with Gasteiger partial charge in [-0.3, -0.25) is 9.05 Å². The zero-order valence-electron chi connectivity index (χ0n) is 27.5. The molecule has 246 valence electrons. The molecule has 1 heterocycles. The van der Waals surface area contributed by atoms with Gasteiger partial charge in [0.1, 0.15) is 6.10 Å². The second-order valence-electron chi connectivity index (χ2n) is 12.6. The maximum atomic E-state index is 12.3. The van der Waals surface area contributed by atoms with Gasteiger partial charge < -0.3 is 18.9 Å². The van der Waals surface area contributed by atoms with E-state index in [4.69, 9.17) is 18.5 Å². The first-order valence-corrected chi connectivity index (χ1v) is 19.0. The molecular formula is C33H69NO6P+. The molecule has 2 atom stereocenters.